The van der Waals surface area contributed by atoms with Gasteiger partial charge in [-0.2, -0.15) is 0 Å². The number of hydrogen-bond donors (Lipinski definition) is 2. The molecule has 7 heteroatoms. The molecule has 0 aliphatic carbocycles. The fraction of sp³-hybridized carbons (Fsp3) is 0.364. The number of carboxylic acids is 1. The summed E-state index contributed by atoms with van der Waals surface area (Å²) >= 11 is 0. The van der Waals surface area contributed by atoms with Crippen molar-refractivity contribution in [3.8, 4) is 0 Å². The predicted molar refractivity (Wildman–Crippen MR) is 67.7 cm³/mol. The molecule has 0 aromatic heterocycles. The zero-order chi connectivity index (χ0) is 13.8. The first kappa shape index (κ1) is 14.6. The molecule has 0 saturated carbocycles. The maximum Gasteiger partial charge on any atom is 0.335 e. The molecule has 6 nitrogen and oxygen atoms in total. The number of hydrogen-bond acceptors (Lipinski definition) is 4. The predicted octanol–water partition coefficient (Wildman–Crippen LogP) is 0.105. The summed E-state index contributed by atoms with van der Waals surface area (Å²) in [6, 6.07) is 6.45. The van der Waals surface area contributed by atoms with E-state index in [1.54, 1.807) is 24.1 Å². The lowest BCUT2D eigenvalue weighted by molar-refractivity contribution is 0.0697. The highest BCUT2D eigenvalue weighted by Gasteiger charge is 2.07. The minimum Gasteiger partial charge on any atom is -0.478 e. The Balaban J connectivity index is 2.54. The van der Waals surface area contributed by atoms with Crippen LogP contribution in [0.4, 0.5) is 0 Å². The molecule has 0 aliphatic heterocycles. The smallest absolute Gasteiger partial charge is 0.335 e. The molecule has 1 rings (SSSR count). The fourth-order valence-electron chi connectivity index (χ4n) is 1.43. The van der Waals surface area contributed by atoms with Crippen LogP contribution in [0.3, 0.4) is 0 Å². The SMILES string of the molecule is CN(CCS(N)(=O)=O)Cc1ccc(C(=O)O)cc1. The maximum absolute atomic E-state index is 10.8. The molecule has 0 atom stereocenters. The number of nitrogens with zero attached hydrogens (tertiary/aromatic N) is 1. The van der Waals surface area contributed by atoms with E-state index in [0.717, 1.165) is 5.56 Å². The van der Waals surface area contributed by atoms with Crippen molar-refractivity contribution in [2.24, 2.45) is 5.14 Å². The first-order chi connectivity index (χ1) is 8.28. The summed E-state index contributed by atoms with van der Waals surface area (Å²) in [4.78, 5) is 12.5. The summed E-state index contributed by atoms with van der Waals surface area (Å²) in [5.41, 5.74) is 1.14. The van der Waals surface area contributed by atoms with E-state index in [9.17, 15) is 13.2 Å². The molecule has 100 valence electrons. The lowest BCUT2D eigenvalue weighted by atomic mass is 10.1. The van der Waals surface area contributed by atoms with Crippen LogP contribution in [0.25, 0.3) is 0 Å². The average Bonchev–Trinajstić information content (AvgIpc) is 2.26. The van der Waals surface area contributed by atoms with E-state index in [1.165, 1.54) is 12.1 Å². The van der Waals surface area contributed by atoms with Gasteiger partial charge in [0.1, 0.15) is 0 Å². The van der Waals surface area contributed by atoms with Gasteiger partial charge in [0.05, 0.1) is 11.3 Å². The zero-order valence-electron chi connectivity index (χ0n) is 10.0. The Hall–Kier alpha value is -1.44. The number of carbonyl (C=O) groups is 1. The van der Waals surface area contributed by atoms with Gasteiger partial charge in [0.15, 0.2) is 0 Å². The van der Waals surface area contributed by atoms with Gasteiger partial charge in [-0.1, -0.05) is 12.1 Å². The first-order valence-electron chi connectivity index (χ1n) is 5.29. The molecule has 0 unspecified atom stereocenters. The molecule has 1 aromatic carbocycles. The van der Waals surface area contributed by atoms with Crippen molar-refractivity contribution in [3.63, 3.8) is 0 Å². The summed E-state index contributed by atoms with van der Waals surface area (Å²) in [6.07, 6.45) is 0. The quantitative estimate of drug-likeness (QED) is 0.765. The molecule has 18 heavy (non-hydrogen) atoms. The van der Waals surface area contributed by atoms with Crippen LogP contribution >= 0.6 is 0 Å². The van der Waals surface area contributed by atoms with Crippen LogP contribution in [-0.2, 0) is 16.6 Å². The lowest BCUT2D eigenvalue weighted by Crippen LogP contribution is -2.28. The van der Waals surface area contributed by atoms with Crippen molar-refractivity contribution >= 4 is 16.0 Å². The van der Waals surface area contributed by atoms with Crippen molar-refractivity contribution in [2.75, 3.05) is 19.3 Å². The highest BCUT2D eigenvalue weighted by atomic mass is 32.2. The Morgan fingerprint density at radius 3 is 2.33 bits per heavy atom. The number of aromatic carboxylic acids is 1. The third-order valence-electron chi connectivity index (χ3n) is 2.41. The highest BCUT2D eigenvalue weighted by molar-refractivity contribution is 7.89. The van der Waals surface area contributed by atoms with Crippen LogP contribution in [0.1, 0.15) is 15.9 Å². The molecule has 0 radical (unpaired) electrons. The average molecular weight is 272 g/mol. The molecule has 0 bridgehead atoms. The summed E-state index contributed by atoms with van der Waals surface area (Å²) < 4.78 is 21.6. The Morgan fingerprint density at radius 2 is 1.89 bits per heavy atom. The summed E-state index contributed by atoms with van der Waals surface area (Å²) in [5.74, 6) is -1.07. The van der Waals surface area contributed by atoms with Gasteiger partial charge in [-0.25, -0.2) is 18.4 Å². The molecule has 1 aromatic rings. The number of rotatable bonds is 6. The molecular weight excluding hydrogens is 256 g/mol. The van der Waals surface area contributed by atoms with Crippen molar-refractivity contribution in [1.29, 1.82) is 0 Å². The fourth-order valence-corrected chi connectivity index (χ4v) is 1.99. The molecule has 0 fully saturated rings. The van der Waals surface area contributed by atoms with E-state index in [0.29, 0.717) is 13.1 Å². The minimum atomic E-state index is -3.45. The second kappa shape index (κ2) is 5.94. The Morgan fingerprint density at radius 1 is 1.33 bits per heavy atom. The van der Waals surface area contributed by atoms with E-state index >= 15 is 0 Å². The van der Waals surface area contributed by atoms with Gasteiger partial charge >= 0.3 is 5.97 Å². The van der Waals surface area contributed by atoms with Gasteiger partial charge < -0.3 is 10.0 Å². The largest absolute Gasteiger partial charge is 0.478 e. The van der Waals surface area contributed by atoms with E-state index in [-0.39, 0.29) is 11.3 Å². The third-order valence-corrected chi connectivity index (χ3v) is 3.16. The first-order valence-corrected chi connectivity index (χ1v) is 7.01. The second-order valence-corrected chi connectivity index (χ2v) is 5.84. The van der Waals surface area contributed by atoms with E-state index < -0.39 is 16.0 Å². The van der Waals surface area contributed by atoms with Gasteiger partial charge in [-0.15, -0.1) is 0 Å². The van der Waals surface area contributed by atoms with Crippen LogP contribution in [0.2, 0.25) is 0 Å². The topological polar surface area (TPSA) is 101 Å². The normalized spacial score (nSPS) is 11.7. The van der Waals surface area contributed by atoms with Crippen LogP contribution in [0.15, 0.2) is 24.3 Å². The van der Waals surface area contributed by atoms with Crippen molar-refractivity contribution < 1.29 is 18.3 Å². The van der Waals surface area contributed by atoms with Crippen molar-refractivity contribution in [2.45, 2.75) is 6.54 Å². The van der Waals surface area contributed by atoms with Gasteiger partial charge in [0, 0.05) is 13.1 Å². The summed E-state index contributed by atoms with van der Waals surface area (Å²) in [6.45, 7) is 0.870. The Kier molecular flexibility index (Phi) is 4.83. The third kappa shape index (κ3) is 5.26. The number of nitrogens with two attached hydrogens (primary N) is 1. The van der Waals surface area contributed by atoms with Crippen molar-refractivity contribution in [3.05, 3.63) is 35.4 Å². The van der Waals surface area contributed by atoms with E-state index in [4.69, 9.17) is 10.2 Å². The standard InChI is InChI=1S/C11H16N2O4S/c1-13(6-7-18(12,16)17)8-9-2-4-10(5-3-9)11(14)15/h2-5H,6-8H2,1H3,(H,14,15)(H2,12,16,17). The highest BCUT2D eigenvalue weighted by Crippen LogP contribution is 2.06. The van der Waals surface area contributed by atoms with Gasteiger partial charge in [0.25, 0.3) is 0 Å². The lowest BCUT2D eigenvalue weighted by Gasteiger charge is -2.15. The molecule has 0 heterocycles. The van der Waals surface area contributed by atoms with Gasteiger partial charge in [-0.05, 0) is 24.7 Å². The molecular formula is C11H16N2O4S. The van der Waals surface area contributed by atoms with E-state index in [1.807, 2.05) is 0 Å². The number of sulfonamides is 1. The monoisotopic (exact) mass is 272 g/mol. The number of primary sulfonamides is 1. The summed E-state index contributed by atoms with van der Waals surface area (Å²) in [7, 11) is -1.67. The molecule has 3 N–H and O–H groups in total. The second-order valence-electron chi connectivity index (χ2n) is 4.11. The molecule has 0 aliphatic rings. The van der Waals surface area contributed by atoms with E-state index in [2.05, 4.69) is 0 Å². The van der Waals surface area contributed by atoms with Crippen molar-refractivity contribution in [1.82, 2.24) is 4.90 Å². The van der Waals surface area contributed by atoms with Crippen LogP contribution in [0, 0.1) is 0 Å². The number of carboxylic acid groups (broad SMARTS) is 1. The van der Waals surface area contributed by atoms with Crippen LogP contribution in [0.5, 0.6) is 0 Å². The molecule has 0 saturated heterocycles. The van der Waals surface area contributed by atoms with Crippen LogP contribution in [-0.4, -0.2) is 43.7 Å². The van der Waals surface area contributed by atoms with Gasteiger partial charge in [-0.3, -0.25) is 0 Å². The Labute approximate surface area is 106 Å². The minimum absolute atomic E-state index is 0.100. The molecule has 0 amide bonds. The maximum atomic E-state index is 10.8. The molecule has 0 spiro atoms. The number of benzene rings is 1. The van der Waals surface area contributed by atoms with Gasteiger partial charge in [0.2, 0.25) is 10.0 Å². The summed E-state index contributed by atoms with van der Waals surface area (Å²) in [5, 5.41) is 13.7. The van der Waals surface area contributed by atoms with Crippen LogP contribution < -0.4 is 5.14 Å². The zero-order valence-corrected chi connectivity index (χ0v) is 10.9. The Bertz CT molecular complexity index is 510.